The number of hydrogen-bond acceptors (Lipinski definition) is 4. The molecule has 0 bridgehead atoms. The lowest BCUT2D eigenvalue weighted by molar-refractivity contribution is 0.163. The Kier molecular flexibility index (Phi) is 2.99. The van der Waals surface area contributed by atoms with Crippen molar-refractivity contribution >= 4 is 0 Å². The van der Waals surface area contributed by atoms with E-state index in [1.807, 2.05) is 6.92 Å². The van der Waals surface area contributed by atoms with Crippen LogP contribution in [0.3, 0.4) is 0 Å². The van der Waals surface area contributed by atoms with Crippen molar-refractivity contribution in [2.24, 2.45) is 0 Å². The standard InChI is InChI=1S/C8H12N2O2/c1-3-7(11)8-9-4-6(12-2)5-10-8/h4-5,7,11H,3H2,1-2H3. The van der Waals surface area contributed by atoms with Crippen molar-refractivity contribution in [1.82, 2.24) is 9.97 Å². The van der Waals surface area contributed by atoms with Gasteiger partial charge < -0.3 is 9.84 Å². The van der Waals surface area contributed by atoms with Crippen LogP contribution in [0.4, 0.5) is 0 Å². The lowest BCUT2D eigenvalue weighted by Crippen LogP contribution is -2.01. The zero-order valence-corrected chi connectivity index (χ0v) is 7.19. The minimum atomic E-state index is -0.573. The zero-order chi connectivity index (χ0) is 8.97. The summed E-state index contributed by atoms with van der Waals surface area (Å²) in [5.41, 5.74) is 0. The molecule has 4 nitrogen and oxygen atoms in total. The van der Waals surface area contributed by atoms with Crippen LogP contribution in [0.25, 0.3) is 0 Å². The molecule has 0 fully saturated rings. The van der Waals surface area contributed by atoms with E-state index in [2.05, 4.69) is 9.97 Å². The fraction of sp³-hybridized carbons (Fsp3) is 0.500. The molecule has 1 aromatic heterocycles. The molecule has 0 amide bonds. The first-order valence-electron chi connectivity index (χ1n) is 3.82. The number of rotatable bonds is 3. The molecule has 0 radical (unpaired) electrons. The molecule has 0 saturated heterocycles. The Labute approximate surface area is 71.2 Å². The van der Waals surface area contributed by atoms with Gasteiger partial charge in [0.2, 0.25) is 0 Å². The molecule has 0 aliphatic heterocycles. The smallest absolute Gasteiger partial charge is 0.156 e. The zero-order valence-electron chi connectivity index (χ0n) is 7.19. The van der Waals surface area contributed by atoms with Crippen molar-refractivity contribution in [3.05, 3.63) is 18.2 Å². The molecule has 0 saturated carbocycles. The summed E-state index contributed by atoms with van der Waals surface area (Å²) < 4.78 is 4.88. The van der Waals surface area contributed by atoms with E-state index in [0.717, 1.165) is 0 Å². The normalized spacial score (nSPS) is 12.6. The van der Waals surface area contributed by atoms with E-state index < -0.39 is 6.10 Å². The molecular formula is C8H12N2O2. The van der Waals surface area contributed by atoms with Crippen molar-refractivity contribution in [2.75, 3.05) is 7.11 Å². The van der Waals surface area contributed by atoms with Gasteiger partial charge in [0.15, 0.2) is 11.6 Å². The summed E-state index contributed by atoms with van der Waals surface area (Å²) in [7, 11) is 1.55. The van der Waals surface area contributed by atoms with E-state index in [1.54, 1.807) is 19.5 Å². The van der Waals surface area contributed by atoms with Gasteiger partial charge in [-0.3, -0.25) is 0 Å². The van der Waals surface area contributed by atoms with Crippen molar-refractivity contribution in [1.29, 1.82) is 0 Å². The van der Waals surface area contributed by atoms with Crippen LogP contribution in [-0.4, -0.2) is 22.2 Å². The molecule has 12 heavy (non-hydrogen) atoms. The lowest BCUT2D eigenvalue weighted by atomic mass is 10.2. The molecule has 1 atom stereocenters. The highest BCUT2D eigenvalue weighted by molar-refractivity contribution is 5.12. The number of aliphatic hydroxyl groups excluding tert-OH is 1. The van der Waals surface area contributed by atoms with Gasteiger partial charge in [0, 0.05) is 0 Å². The number of methoxy groups -OCH3 is 1. The van der Waals surface area contributed by atoms with Crippen molar-refractivity contribution in [2.45, 2.75) is 19.4 Å². The maximum Gasteiger partial charge on any atom is 0.156 e. The predicted octanol–water partition coefficient (Wildman–Crippen LogP) is 0.929. The third-order valence-corrected chi connectivity index (χ3v) is 1.57. The minimum absolute atomic E-state index is 0.443. The molecular weight excluding hydrogens is 156 g/mol. The van der Waals surface area contributed by atoms with Crippen LogP contribution < -0.4 is 4.74 Å². The average molecular weight is 168 g/mol. The number of ether oxygens (including phenoxy) is 1. The summed E-state index contributed by atoms with van der Waals surface area (Å²) in [5.74, 6) is 1.04. The highest BCUT2D eigenvalue weighted by Gasteiger charge is 2.06. The SMILES string of the molecule is CCC(O)c1ncc(OC)cn1. The van der Waals surface area contributed by atoms with Gasteiger partial charge >= 0.3 is 0 Å². The number of aliphatic hydroxyl groups is 1. The van der Waals surface area contributed by atoms with Crippen molar-refractivity contribution in [3.8, 4) is 5.75 Å². The van der Waals surface area contributed by atoms with Gasteiger partial charge in [0.05, 0.1) is 19.5 Å². The van der Waals surface area contributed by atoms with Crippen LogP contribution in [0, 0.1) is 0 Å². The molecule has 4 heteroatoms. The Hall–Kier alpha value is -1.16. The first kappa shape index (κ1) is 8.93. The van der Waals surface area contributed by atoms with Gasteiger partial charge in [-0.1, -0.05) is 6.92 Å². The first-order chi connectivity index (χ1) is 5.77. The summed E-state index contributed by atoms with van der Waals surface area (Å²) in [6.45, 7) is 1.87. The van der Waals surface area contributed by atoms with E-state index in [9.17, 15) is 5.11 Å². The highest BCUT2D eigenvalue weighted by Crippen LogP contribution is 2.12. The van der Waals surface area contributed by atoms with E-state index in [0.29, 0.717) is 18.0 Å². The Morgan fingerprint density at radius 1 is 1.50 bits per heavy atom. The molecule has 66 valence electrons. The van der Waals surface area contributed by atoms with Gasteiger partial charge in [-0.05, 0) is 6.42 Å². The topological polar surface area (TPSA) is 55.2 Å². The van der Waals surface area contributed by atoms with Crippen LogP contribution in [-0.2, 0) is 0 Å². The second-order valence-electron chi connectivity index (χ2n) is 2.41. The first-order valence-corrected chi connectivity index (χ1v) is 3.82. The Bertz CT molecular complexity index is 235. The summed E-state index contributed by atoms with van der Waals surface area (Å²) in [6, 6.07) is 0. The Balaban J connectivity index is 2.77. The Morgan fingerprint density at radius 3 is 2.50 bits per heavy atom. The van der Waals surface area contributed by atoms with E-state index >= 15 is 0 Å². The molecule has 0 spiro atoms. The van der Waals surface area contributed by atoms with E-state index in [4.69, 9.17) is 4.74 Å². The molecule has 0 aliphatic carbocycles. The number of nitrogens with zero attached hydrogens (tertiary/aromatic N) is 2. The lowest BCUT2D eigenvalue weighted by Gasteiger charge is -2.05. The molecule has 1 N–H and O–H groups in total. The second kappa shape index (κ2) is 4.01. The summed E-state index contributed by atoms with van der Waals surface area (Å²) in [5, 5.41) is 9.33. The van der Waals surface area contributed by atoms with Crippen LogP contribution in [0.2, 0.25) is 0 Å². The van der Waals surface area contributed by atoms with Crippen LogP contribution in [0.1, 0.15) is 25.3 Å². The van der Waals surface area contributed by atoms with E-state index in [1.165, 1.54) is 0 Å². The van der Waals surface area contributed by atoms with Crippen molar-refractivity contribution in [3.63, 3.8) is 0 Å². The fourth-order valence-corrected chi connectivity index (χ4v) is 0.786. The fourth-order valence-electron chi connectivity index (χ4n) is 0.786. The number of aromatic nitrogens is 2. The quantitative estimate of drug-likeness (QED) is 0.729. The maximum atomic E-state index is 9.33. The van der Waals surface area contributed by atoms with Crippen LogP contribution in [0.5, 0.6) is 5.75 Å². The van der Waals surface area contributed by atoms with Gasteiger partial charge in [0.25, 0.3) is 0 Å². The summed E-state index contributed by atoms with van der Waals surface area (Å²) >= 11 is 0. The molecule has 1 heterocycles. The third-order valence-electron chi connectivity index (χ3n) is 1.57. The summed E-state index contributed by atoms with van der Waals surface area (Å²) in [4.78, 5) is 7.87. The molecule has 1 unspecified atom stereocenters. The Morgan fingerprint density at radius 2 is 2.08 bits per heavy atom. The van der Waals surface area contributed by atoms with Gasteiger partial charge in [-0.25, -0.2) is 9.97 Å². The highest BCUT2D eigenvalue weighted by atomic mass is 16.5. The third kappa shape index (κ3) is 1.92. The molecule has 1 rings (SSSR count). The van der Waals surface area contributed by atoms with Gasteiger partial charge in [-0.2, -0.15) is 0 Å². The van der Waals surface area contributed by atoms with Crippen molar-refractivity contribution < 1.29 is 9.84 Å². The summed E-state index contributed by atoms with van der Waals surface area (Å²) in [6.07, 6.45) is 3.13. The molecule has 1 aromatic rings. The maximum absolute atomic E-state index is 9.33. The molecule has 0 aromatic carbocycles. The van der Waals surface area contributed by atoms with Crippen LogP contribution >= 0.6 is 0 Å². The van der Waals surface area contributed by atoms with E-state index in [-0.39, 0.29) is 0 Å². The van der Waals surface area contributed by atoms with Gasteiger partial charge in [0.1, 0.15) is 6.10 Å². The minimum Gasteiger partial charge on any atom is -0.494 e. The largest absolute Gasteiger partial charge is 0.494 e. The molecule has 0 aliphatic rings. The monoisotopic (exact) mass is 168 g/mol. The van der Waals surface area contributed by atoms with Gasteiger partial charge in [-0.15, -0.1) is 0 Å². The number of hydrogen-bond donors (Lipinski definition) is 1. The second-order valence-corrected chi connectivity index (χ2v) is 2.41. The predicted molar refractivity (Wildman–Crippen MR) is 43.8 cm³/mol. The van der Waals surface area contributed by atoms with Crippen LogP contribution in [0.15, 0.2) is 12.4 Å². The average Bonchev–Trinajstić information content (AvgIpc) is 2.17.